The van der Waals surface area contributed by atoms with Crippen molar-refractivity contribution in [2.75, 3.05) is 35.5 Å². The molecule has 2 aliphatic rings. The number of aromatic nitrogens is 1. The molecular weight excluding hydrogens is 400 g/mol. The second-order valence-electron chi connectivity index (χ2n) is 8.02. The summed E-state index contributed by atoms with van der Waals surface area (Å²) in [5.74, 6) is 1.88. The van der Waals surface area contributed by atoms with E-state index in [4.69, 9.17) is 0 Å². The van der Waals surface area contributed by atoms with E-state index in [1.54, 1.807) is 30.6 Å². The number of nitrogens with zero attached hydrogens (tertiary/aromatic N) is 2. The molecule has 1 aromatic heterocycles. The Morgan fingerprint density at radius 3 is 2.73 bits per heavy atom. The summed E-state index contributed by atoms with van der Waals surface area (Å²) in [7, 11) is -3.28. The molecule has 1 aliphatic carbocycles. The zero-order chi connectivity index (χ0) is 21.1. The van der Waals surface area contributed by atoms with Crippen LogP contribution in [-0.4, -0.2) is 45.2 Å². The summed E-state index contributed by atoms with van der Waals surface area (Å²) in [6, 6.07) is 11.3. The van der Waals surface area contributed by atoms with E-state index < -0.39 is 10.0 Å². The first-order valence-corrected chi connectivity index (χ1v) is 12.0. The zero-order valence-electron chi connectivity index (χ0n) is 16.9. The summed E-state index contributed by atoms with van der Waals surface area (Å²) in [5.41, 5.74) is 2.54. The van der Waals surface area contributed by atoms with Crippen molar-refractivity contribution in [2.24, 2.45) is 17.8 Å². The van der Waals surface area contributed by atoms with Gasteiger partial charge in [-0.25, -0.2) is 8.42 Å². The van der Waals surface area contributed by atoms with Crippen LogP contribution in [0.5, 0.6) is 0 Å². The molecule has 1 unspecified atom stereocenters. The van der Waals surface area contributed by atoms with Crippen LogP contribution in [0.3, 0.4) is 0 Å². The van der Waals surface area contributed by atoms with E-state index in [9.17, 15) is 13.2 Å². The average molecular weight is 427 g/mol. The average Bonchev–Trinajstić information content (AvgIpc) is 3.15. The summed E-state index contributed by atoms with van der Waals surface area (Å²) in [4.78, 5) is 18.3. The predicted octanol–water partition coefficient (Wildman–Crippen LogP) is 2.36. The topological polar surface area (TPSA) is 91.4 Å². The Labute approximate surface area is 177 Å². The molecule has 8 heteroatoms. The molecule has 30 heavy (non-hydrogen) atoms. The molecule has 0 radical (unpaired) electrons. The molecule has 2 N–H and O–H groups in total. The van der Waals surface area contributed by atoms with Crippen molar-refractivity contribution < 1.29 is 13.2 Å². The van der Waals surface area contributed by atoms with Gasteiger partial charge < -0.3 is 10.2 Å². The predicted molar refractivity (Wildman–Crippen MR) is 118 cm³/mol. The Balaban J connectivity index is 1.20. The molecule has 0 spiro atoms. The van der Waals surface area contributed by atoms with Crippen molar-refractivity contribution in [3.05, 3.63) is 60.4 Å². The highest BCUT2D eigenvalue weighted by Crippen LogP contribution is 2.54. The molecule has 1 saturated carbocycles. The number of carbonyl (C=O) groups excluding carboxylic acids is 1. The van der Waals surface area contributed by atoms with Gasteiger partial charge >= 0.3 is 0 Å². The van der Waals surface area contributed by atoms with Crippen LogP contribution in [0.25, 0.3) is 6.08 Å². The number of pyridine rings is 1. The van der Waals surface area contributed by atoms with Gasteiger partial charge in [0.15, 0.2) is 0 Å². The Bertz CT molecular complexity index is 1030. The molecule has 1 saturated heterocycles. The summed E-state index contributed by atoms with van der Waals surface area (Å²) in [6.45, 7) is 2.64. The molecule has 1 aliphatic heterocycles. The fourth-order valence-corrected chi connectivity index (χ4v) is 4.89. The molecule has 1 aromatic carbocycles. The number of carbonyl (C=O) groups is 1. The van der Waals surface area contributed by atoms with Gasteiger partial charge in [0.1, 0.15) is 0 Å². The minimum absolute atomic E-state index is 0.0820. The molecule has 4 rings (SSSR count). The minimum atomic E-state index is -3.28. The molecule has 2 fully saturated rings. The number of amides is 1. The van der Waals surface area contributed by atoms with Crippen LogP contribution in [0.2, 0.25) is 0 Å². The van der Waals surface area contributed by atoms with Crippen LogP contribution in [0, 0.1) is 17.8 Å². The smallest absolute Gasteiger partial charge is 0.244 e. The first-order chi connectivity index (χ1) is 14.4. The Kier molecular flexibility index (Phi) is 5.76. The van der Waals surface area contributed by atoms with Crippen LogP contribution in [-0.2, 0) is 14.8 Å². The van der Waals surface area contributed by atoms with Gasteiger partial charge in [0, 0.05) is 43.8 Å². The largest absolute Gasteiger partial charge is 0.371 e. The third-order valence-corrected chi connectivity index (χ3v) is 6.38. The molecule has 158 valence electrons. The standard InChI is InChI=1S/C22H26N4O3S/c1-30(28,29)25-17-5-2-6-18(12-17)26-14-20-19(21(20)15-26)9-11-24-22(27)8-7-16-4-3-10-23-13-16/h2-8,10,12-13,19-21,25H,9,11,14-15H2,1H3,(H,24,27)/b8-7+/t19?,20-,21+. The van der Waals surface area contributed by atoms with Crippen molar-refractivity contribution in [1.82, 2.24) is 10.3 Å². The van der Waals surface area contributed by atoms with E-state index >= 15 is 0 Å². The Morgan fingerprint density at radius 2 is 2.03 bits per heavy atom. The highest BCUT2D eigenvalue weighted by atomic mass is 32.2. The number of fused-ring (bicyclic) bond motifs is 1. The third-order valence-electron chi connectivity index (χ3n) is 5.77. The molecule has 2 aromatic rings. The molecule has 0 bridgehead atoms. The van der Waals surface area contributed by atoms with E-state index in [2.05, 4.69) is 19.9 Å². The lowest BCUT2D eigenvalue weighted by molar-refractivity contribution is -0.116. The second kappa shape index (κ2) is 8.47. The van der Waals surface area contributed by atoms with Crippen LogP contribution in [0.15, 0.2) is 54.9 Å². The maximum absolute atomic E-state index is 12.0. The van der Waals surface area contributed by atoms with E-state index in [-0.39, 0.29) is 5.91 Å². The molecule has 2 heterocycles. The Hall–Kier alpha value is -2.87. The summed E-state index contributed by atoms with van der Waals surface area (Å²) in [5, 5.41) is 2.96. The van der Waals surface area contributed by atoms with Crippen LogP contribution >= 0.6 is 0 Å². The summed E-state index contributed by atoms with van der Waals surface area (Å²) >= 11 is 0. The van der Waals surface area contributed by atoms with Crippen molar-refractivity contribution in [3.8, 4) is 0 Å². The van der Waals surface area contributed by atoms with E-state index in [0.29, 0.717) is 30.0 Å². The summed E-state index contributed by atoms with van der Waals surface area (Å²) < 4.78 is 25.4. The quantitative estimate of drug-likeness (QED) is 0.633. The monoisotopic (exact) mass is 426 g/mol. The number of anilines is 2. The van der Waals surface area contributed by atoms with Gasteiger partial charge in [-0.3, -0.25) is 14.5 Å². The lowest BCUT2D eigenvalue weighted by Gasteiger charge is -2.22. The third kappa shape index (κ3) is 5.18. The molecule has 3 atom stereocenters. The normalized spacial score (nSPS) is 22.7. The highest BCUT2D eigenvalue weighted by molar-refractivity contribution is 7.92. The highest BCUT2D eigenvalue weighted by Gasteiger charge is 2.54. The van der Waals surface area contributed by atoms with E-state index in [0.717, 1.165) is 37.0 Å². The zero-order valence-corrected chi connectivity index (χ0v) is 17.7. The van der Waals surface area contributed by atoms with E-state index in [1.807, 2.05) is 30.3 Å². The first kappa shape index (κ1) is 20.4. The number of nitrogens with one attached hydrogen (secondary N) is 2. The lowest BCUT2D eigenvalue weighted by Crippen LogP contribution is -2.26. The lowest BCUT2D eigenvalue weighted by atomic mass is 10.1. The fraction of sp³-hybridized carbons (Fsp3) is 0.364. The van der Waals surface area contributed by atoms with Crippen LogP contribution < -0.4 is 14.9 Å². The molecular formula is C22H26N4O3S. The number of hydrogen-bond donors (Lipinski definition) is 2. The number of benzene rings is 1. The van der Waals surface area contributed by atoms with E-state index in [1.165, 1.54) is 0 Å². The fourth-order valence-electron chi connectivity index (χ4n) is 4.34. The van der Waals surface area contributed by atoms with Gasteiger partial charge in [0.2, 0.25) is 15.9 Å². The van der Waals surface area contributed by atoms with Crippen LogP contribution in [0.1, 0.15) is 12.0 Å². The maximum Gasteiger partial charge on any atom is 0.244 e. The Morgan fingerprint density at radius 1 is 1.23 bits per heavy atom. The first-order valence-electron chi connectivity index (χ1n) is 10.1. The van der Waals surface area contributed by atoms with Gasteiger partial charge in [0.05, 0.1) is 11.9 Å². The SMILES string of the molecule is CS(=O)(=O)Nc1cccc(N2C[C@@H]3C(CCNC(=O)/C=C/c4cccnc4)[C@@H]3C2)c1. The summed E-state index contributed by atoms with van der Waals surface area (Å²) in [6.07, 6.45) is 8.87. The van der Waals surface area contributed by atoms with Gasteiger partial charge in [-0.1, -0.05) is 12.1 Å². The number of sulfonamides is 1. The number of hydrogen-bond acceptors (Lipinski definition) is 5. The van der Waals surface area contributed by atoms with Gasteiger partial charge in [-0.2, -0.15) is 0 Å². The van der Waals surface area contributed by atoms with Gasteiger partial charge in [0.25, 0.3) is 0 Å². The van der Waals surface area contributed by atoms with Crippen molar-refractivity contribution in [2.45, 2.75) is 6.42 Å². The van der Waals surface area contributed by atoms with Gasteiger partial charge in [-0.05, 0) is 60.1 Å². The van der Waals surface area contributed by atoms with Crippen LogP contribution in [0.4, 0.5) is 11.4 Å². The van der Waals surface area contributed by atoms with Gasteiger partial charge in [-0.15, -0.1) is 0 Å². The molecule has 1 amide bonds. The van der Waals surface area contributed by atoms with Crippen molar-refractivity contribution in [3.63, 3.8) is 0 Å². The number of piperidine rings is 1. The second-order valence-corrected chi connectivity index (χ2v) is 9.77. The minimum Gasteiger partial charge on any atom is -0.371 e. The van der Waals surface area contributed by atoms with Crippen molar-refractivity contribution >= 4 is 33.4 Å². The maximum atomic E-state index is 12.0. The van der Waals surface area contributed by atoms with Crippen molar-refractivity contribution in [1.29, 1.82) is 0 Å². The number of rotatable bonds is 8. The molecule has 7 nitrogen and oxygen atoms in total.